The number of rotatable bonds is 6. The minimum atomic E-state index is -0.926. The number of carbonyl (C=O) groups is 2. The largest absolute Gasteiger partial charge is 0.497 e. The highest BCUT2D eigenvalue weighted by molar-refractivity contribution is 5.88. The molecular formula is C18H21NO4. The number of hydrogen-bond donors (Lipinski definition) is 2. The number of amides is 1. The quantitative estimate of drug-likeness (QED) is 0.859. The molecule has 0 aliphatic heterocycles. The highest BCUT2D eigenvalue weighted by atomic mass is 16.5. The number of benzene rings is 2. The maximum absolute atomic E-state index is 12.2. The second-order valence-electron chi connectivity index (χ2n) is 5.70. The van der Waals surface area contributed by atoms with Gasteiger partial charge in [0, 0.05) is 6.04 Å². The van der Waals surface area contributed by atoms with Crippen LogP contribution in [-0.2, 0) is 9.59 Å². The first kappa shape index (κ1) is 16.8. The molecule has 0 fully saturated rings. The van der Waals surface area contributed by atoms with E-state index in [-0.39, 0.29) is 18.2 Å². The second-order valence-corrected chi connectivity index (χ2v) is 5.70. The van der Waals surface area contributed by atoms with Gasteiger partial charge in [-0.25, -0.2) is 0 Å². The lowest BCUT2D eigenvalue weighted by Crippen LogP contribution is -2.36. The molecule has 0 aliphatic rings. The molecule has 2 rings (SSSR count). The van der Waals surface area contributed by atoms with Crippen LogP contribution in [0.5, 0.6) is 5.75 Å². The molecule has 2 aromatic carbocycles. The molecule has 23 heavy (non-hydrogen) atoms. The Morgan fingerprint density at radius 3 is 2.43 bits per heavy atom. The number of carboxylic acids is 1. The molecule has 0 aromatic heterocycles. The van der Waals surface area contributed by atoms with Gasteiger partial charge >= 0.3 is 5.97 Å². The fourth-order valence-electron chi connectivity index (χ4n) is 2.47. The number of hydrogen-bond acceptors (Lipinski definition) is 3. The first-order valence-electron chi connectivity index (χ1n) is 7.50. The third kappa shape index (κ3) is 4.22. The number of nitrogens with one attached hydrogen (secondary N) is 1. The number of ether oxygens (including phenoxy) is 1. The van der Waals surface area contributed by atoms with Gasteiger partial charge in [-0.05, 0) is 42.3 Å². The first-order valence-corrected chi connectivity index (χ1v) is 7.50. The molecule has 0 aliphatic carbocycles. The van der Waals surface area contributed by atoms with Crippen molar-refractivity contribution in [3.8, 4) is 5.75 Å². The molecule has 0 spiro atoms. The van der Waals surface area contributed by atoms with Crippen molar-refractivity contribution in [1.82, 2.24) is 5.32 Å². The zero-order valence-corrected chi connectivity index (χ0v) is 13.5. The smallest absolute Gasteiger partial charge is 0.305 e. The molecule has 0 saturated carbocycles. The van der Waals surface area contributed by atoms with Gasteiger partial charge in [-0.1, -0.05) is 24.3 Å². The lowest BCUT2D eigenvalue weighted by molar-refractivity contribution is -0.137. The predicted molar refractivity (Wildman–Crippen MR) is 88.8 cm³/mol. The van der Waals surface area contributed by atoms with Crippen LogP contribution in [0.25, 0.3) is 10.8 Å². The molecule has 2 N–H and O–H groups in total. The summed E-state index contributed by atoms with van der Waals surface area (Å²) in [5.74, 6) is -0.659. The number of methoxy groups -OCH3 is 1. The SMILES string of the molecule is COc1ccc2cc(C(C)C(=O)NC(C)CC(=O)O)ccc2c1. The van der Waals surface area contributed by atoms with E-state index in [0.29, 0.717) is 0 Å². The van der Waals surface area contributed by atoms with Crippen molar-refractivity contribution in [2.45, 2.75) is 32.2 Å². The Hall–Kier alpha value is -2.56. The third-order valence-electron chi connectivity index (χ3n) is 3.83. The highest BCUT2D eigenvalue weighted by Crippen LogP contribution is 2.25. The van der Waals surface area contributed by atoms with Crippen molar-refractivity contribution < 1.29 is 19.4 Å². The van der Waals surface area contributed by atoms with E-state index in [2.05, 4.69) is 5.32 Å². The summed E-state index contributed by atoms with van der Waals surface area (Å²) >= 11 is 0. The summed E-state index contributed by atoms with van der Waals surface area (Å²) in [6.07, 6.45) is -0.0873. The van der Waals surface area contributed by atoms with Crippen molar-refractivity contribution in [2.24, 2.45) is 0 Å². The Morgan fingerprint density at radius 2 is 1.78 bits per heavy atom. The molecule has 5 nitrogen and oxygen atoms in total. The van der Waals surface area contributed by atoms with Gasteiger partial charge in [0.2, 0.25) is 5.91 Å². The Balaban J connectivity index is 2.15. The molecule has 2 atom stereocenters. The Kier molecular flexibility index (Phi) is 5.21. The van der Waals surface area contributed by atoms with Gasteiger partial charge in [-0.15, -0.1) is 0 Å². The van der Waals surface area contributed by atoms with E-state index in [9.17, 15) is 9.59 Å². The number of carboxylic acid groups (broad SMARTS) is 1. The predicted octanol–water partition coefficient (Wildman–Crippen LogP) is 2.93. The van der Waals surface area contributed by atoms with Crippen LogP contribution >= 0.6 is 0 Å². The molecule has 122 valence electrons. The minimum Gasteiger partial charge on any atom is -0.497 e. The fraction of sp³-hybridized carbons (Fsp3) is 0.333. The number of carbonyl (C=O) groups excluding carboxylic acids is 1. The summed E-state index contributed by atoms with van der Waals surface area (Å²) < 4.78 is 5.20. The molecule has 0 bridgehead atoms. The van der Waals surface area contributed by atoms with Crippen molar-refractivity contribution in [3.63, 3.8) is 0 Å². The topological polar surface area (TPSA) is 75.6 Å². The monoisotopic (exact) mass is 315 g/mol. The second kappa shape index (κ2) is 7.13. The molecule has 5 heteroatoms. The van der Waals surface area contributed by atoms with Gasteiger partial charge in [-0.3, -0.25) is 9.59 Å². The van der Waals surface area contributed by atoms with Gasteiger partial charge in [0.25, 0.3) is 0 Å². The average molecular weight is 315 g/mol. The lowest BCUT2D eigenvalue weighted by Gasteiger charge is -2.17. The van der Waals surface area contributed by atoms with E-state index >= 15 is 0 Å². The Labute approximate surface area is 135 Å². The maximum Gasteiger partial charge on any atom is 0.305 e. The van der Waals surface area contributed by atoms with Crippen molar-refractivity contribution in [2.75, 3.05) is 7.11 Å². The third-order valence-corrected chi connectivity index (χ3v) is 3.83. The summed E-state index contributed by atoms with van der Waals surface area (Å²) in [5, 5.41) is 13.6. The molecule has 0 heterocycles. The summed E-state index contributed by atoms with van der Waals surface area (Å²) in [6, 6.07) is 11.2. The summed E-state index contributed by atoms with van der Waals surface area (Å²) in [5.41, 5.74) is 0.891. The molecule has 2 unspecified atom stereocenters. The number of aliphatic carboxylic acids is 1. The first-order chi connectivity index (χ1) is 10.9. The zero-order valence-electron chi connectivity index (χ0n) is 13.5. The van der Waals surface area contributed by atoms with E-state index in [1.165, 1.54) is 0 Å². The zero-order chi connectivity index (χ0) is 17.0. The average Bonchev–Trinajstić information content (AvgIpc) is 2.52. The van der Waals surface area contributed by atoms with E-state index in [0.717, 1.165) is 22.1 Å². The Bertz CT molecular complexity index is 726. The van der Waals surface area contributed by atoms with Crippen LogP contribution < -0.4 is 10.1 Å². The minimum absolute atomic E-state index is 0.0873. The van der Waals surface area contributed by atoms with Crippen LogP contribution in [0, 0.1) is 0 Å². The van der Waals surface area contributed by atoms with Crippen LogP contribution in [0.1, 0.15) is 31.7 Å². The molecule has 0 radical (unpaired) electrons. The lowest BCUT2D eigenvalue weighted by atomic mass is 9.96. The van der Waals surface area contributed by atoms with Gasteiger partial charge in [-0.2, -0.15) is 0 Å². The van der Waals surface area contributed by atoms with Crippen LogP contribution in [0.2, 0.25) is 0 Å². The van der Waals surface area contributed by atoms with Gasteiger partial charge in [0.1, 0.15) is 5.75 Å². The molecule has 1 amide bonds. The van der Waals surface area contributed by atoms with Crippen LogP contribution in [-0.4, -0.2) is 30.1 Å². The molecule has 0 saturated heterocycles. The fourth-order valence-corrected chi connectivity index (χ4v) is 2.47. The van der Waals surface area contributed by atoms with Gasteiger partial charge in [0.05, 0.1) is 19.4 Å². The number of fused-ring (bicyclic) bond motifs is 1. The van der Waals surface area contributed by atoms with Crippen molar-refractivity contribution in [1.29, 1.82) is 0 Å². The van der Waals surface area contributed by atoms with Crippen LogP contribution in [0.4, 0.5) is 0 Å². The maximum atomic E-state index is 12.2. The molecular weight excluding hydrogens is 294 g/mol. The van der Waals surface area contributed by atoms with Gasteiger partial charge < -0.3 is 15.2 Å². The summed E-state index contributed by atoms with van der Waals surface area (Å²) in [7, 11) is 1.63. The van der Waals surface area contributed by atoms with Crippen molar-refractivity contribution in [3.05, 3.63) is 42.0 Å². The van der Waals surface area contributed by atoms with E-state index in [4.69, 9.17) is 9.84 Å². The summed E-state index contributed by atoms with van der Waals surface area (Å²) in [6.45, 7) is 3.50. The highest BCUT2D eigenvalue weighted by Gasteiger charge is 2.18. The van der Waals surface area contributed by atoms with Crippen LogP contribution in [0.15, 0.2) is 36.4 Å². The summed E-state index contributed by atoms with van der Waals surface area (Å²) in [4.78, 5) is 22.9. The van der Waals surface area contributed by atoms with Crippen molar-refractivity contribution >= 4 is 22.6 Å². The van der Waals surface area contributed by atoms with Crippen LogP contribution in [0.3, 0.4) is 0 Å². The van der Waals surface area contributed by atoms with E-state index in [1.807, 2.05) is 43.3 Å². The molecule has 2 aromatic rings. The van der Waals surface area contributed by atoms with E-state index < -0.39 is 12.0 Å². The normalized spacial score (nSPS) is 13.3. The Morgan fingerprint density at radius 1 is 1.13 bits per heavy atom. The standard InChI is InChI=1S/C18H21NO4/c1-11(8-17(20)21)19-18(22)12(2)13-4-5-15-10-16(23-3)7-6-14(15)9-13/h4-7,9-12H,8H2,1-3H3,(H,19,22)(H,20,21). The van der Waals surface area contributed by atoms with E-state index in [1.54, 1.807) is 14.0 Å². The van der Waals surface area contributed by atoms with Gasteiger partial charge in [0.15, 0.2) is 0 Å².